The molecule has 0 aromatic heterocycles. The molecule has 84 valence electrons. The number of nitrogens with one attached hydrogen (secondary N) is 1. The van der Waals surface area contributed by atoms with Gasteiger partial charge in [0.1, 0.15) is 0 Å². The standard InChI is InChI=1S/C12H18INO/c1-10(3-2-8-15)14-9-11-4-6-12(13)7-5-11/h4-7,10,14-15H,2-3,8-9H2,1H3. The molecule has 0 heterocycles. The van der Waals surface area contributed by atoms with Crippen molar-refractivity contribution in [3.63, 3.8) is 0 Å². The van der Waals surface area contributed by atoms with Gasteiger partial charge in [-0.15, -0.1) is 0 Å². The minimum atomic E-state index is 0.287. The third-order valence-electron chi connectivity index (χ3n) is 2.36. The first-order chi connectivity index (χ1) is 7.22. The molecule has 0 aliphatic carbocycles. The van der Waals surface area contributed by atoms with E-state index >= 15 is 0 Å². The van der Waals surface area contributed by atoms with Gasteiger partial charge in [0, 0.05) is 22.8 Å². The molecule has 0 spiro atoms. The maximum atomic E-state index is 8.70. The Morgan fingerprint density at radius 3 is 2.60 bits per heavy atom. The summed E-state index contributed by atoms with van der Waals surface area (Å²) in [5.74, 6) is 0. The molecule has 1 aromatic rings. The van der Waals surface area contributed by atoms with Crippen LogP contribution in [0.3, 0.4) is 0 Å². The summed E-state index contributed by atoms with van der Waals surface area (Å²) < 4.78 is 1.27. The maximum Gasteiger partial charge on any atom is 0.0431 e. The van der Waals surface area contributed by atoms with E-state index in [1.54, 1.807) is 0 Å². The Kier molecular flexibility index (Phi) is 6.20. The van der Waals surface area contributed by atoms with E-state index in [0.29, 0.717) is 6.04 Å². The molecule has 2 N–H and O–H groups in total. The van der Waals surface area contributed by atoms with E-state index in [2.05, 4.69) is 59.1 Å². The highest BCUT2D eigenvalue weighted by atomic mass is 127. The largest absolute Gasteiger partial charge is 0.396 e. The van der Waals surface area contributed by atoms with Gasteiger partial charge in [0.05, 0.1) is 0 Å². The first kappa shape index (κ1) is 12.9. The molecule has 0 aliphatic rings. The van der Waals surface area contributed by atoms with Gasteiger partial charge in [0.15, 0.2) is 0 Å². The lowest BCUT2D eigenvalue weighted by Crippen LogP contribution is -2.25. The van der Waals surface area contributed by atoms with Crippen molar-refractivity contribution in [1.82, 2.24) is 5.32 Å². The van der Waals surface area contributed by atoms with Crippen molar-refractivity contribution < 1.29 is 5.11 Å². The number of hydrogen-bond donors (Lipinski definition) is 2. The zero-order chi connectivity index (χ0) is 11.1. The number of aliphatic hydroxyl groups excluding tert-OH is 1. The molecule has 0 saturated carbocycles. The molecule has 0 saturated heterocycles. The Morgan fingerprint density at radius 1 is 1.33 bits per heavy atom. The molecule has 1 unspecified atom stereocenters. The summed E-state index contributed by atoms with van der Waals surface area (Å²) in [5, 5.41) is 12.1. The predicted molar refractivity (Wildman–Crippen MR) is 71.8 cm³/mol. The van der Waals surface area contributed by atoms with Crippen LogP contribution in [0.25, 0.3) is 0 Å². The lowest BCUT2D eigenvalue weighted by molar-refractivity contribution is 0.276. The zero-order valence-electron chi connectivity index (χ0n) is 9.04. The van der Waals surface area contributed by atoms with Crippen LogP contribution in [0.5, 0.6) is 0 Å². The van der Waals surface area contributed by atoms with Crippen LogP contribution >= 0.6 is 22.6 Å². The van der Waals surface area contributed by atoms with E-state index in [9.17, 15) is 0 Å². The van der Waals surface area contributed by atoms with E-state index in [1.807, 2.05) is 0 Å². The molecule has 1 aromatic carbocycles. The SMILES string of the molecule is CC(CCCO)NCc1ccc(I)cc1. The van der Waals surface area contributed by atoms with Gasteiger partial charge < -0.3 is 10.4 Å². The first-order valence-corrected chi connectivity index (χ1v) is 6.39. The molecule has 2 nitrogen and oxygen atoms in total. The van der Waals surface area contributed by atoms with Gasteiger partial charge in [-0.25, -0.2) is 0 Å². The summed E-state index contributed by atoms with van der Waals surface area (Å²) in [4.78, 5) is 0. The monoisotopic (exact) mass is 319 g/mol. The molecule has 0 fully saturated rings. The highest BCUT2D eigenvalue weighted by molar-refractivity contribution is 14.1. The van der Waals surface area contributed by atoms with Gasteiger partial charge in [-0.2, -0.15) is 0 Å². The van der Waals surface area contributed by atoms with E-state index in [-0.39, 0.29) is 6.61 Å². The second kappa shape index (κ2) is 7.19. The van der Waals surface area contributed by atoms with E-state index < -0.39 is 0 Å². The van der Waals surface area contributed by atoms with Gasteiger partial charge in [-0.05, 0) is 60.1 Å². The molecule has 1 rings (SSSR count). The lowest BCUT2D eigenvalue weighted by Gasteiger charge is -2.12. The first-order valence-electron chi connectivity index (χ1n) is 5.31. The number of hydrogen-bond acceptors (Lipinski definition) is 2. The average Bonchev–Trinajstić information content (AvgIpc) is 2.25. The smallest absolute Gasteiger partial charge is 0.0431 e. The zero-order valence-corrected chi connectivity index (χ0v) is 11.2. The van der Waals surface area contributed by atoms with Crippen molar-refractivity contribution in [1.29, 1.82) is 0 Å². The molecule has 0 aliphatic heterocycles. The Balaban J connectivity index is 2.27. The second-order valence-electron chi connectivity index (χ2n) is 3.77. The fourth-order valence-corrected chi connectivity index (χ4v) is 1.75. The molecule has 15 heavy (non-hydrogen) atoms. The Bertz CT molecular complexity index is 273. The molecule has 0 amide bonds. The highest BCUT2D eigenvalue weighted by Crippen LogP contribution is 2.07. The third kappa shape index (κ3) is 5.49. The van der Waals surface area contributed by atoms with Crippen LogP contribution in [0.1, 0.15) is 25.3 Å². The van der Waals surface area contributed by atoms with Crippen molar-refractivity contribution in [3.05, 3.63) is 33.4 Å². The molecule has 0 radical (unpaired) electrons. The molecular formula is C12H18INO. The normalized spacial score (nSPS) is 12.7. The summed E-state index contributed by atoms with van der Waals surface area (Å²) >= 11 is 2.31. The summed E-state index contributed by atoms with van der Waals surface area (Å²) in [6.07, 6.45) is 1.90. The minimum Gasteiger partial charge on any atom is -0.396 e. The lowest BCUT2D eigenvalue weighted by atomic mass is 10.1. The number of rotatable bonds is 6. The quantitative estimate of drug-likeness (QED) is 0.790. The average molecular weight is 319 g/mol. The number of benzene rings is 1. The summed E-state index contributed by atoms with van der Waals surface area (Å²) in [6.45, 7) is 3.35. The fourth-order valence-electron chi connectivity index (χ4n) is 1.39. The van der Waals surface area contributed by atoms with Crippen LogP contribution in [-0.4, -0.2) is 17.8 Å². The van der Waals surface area contributed by atoms with Crippen molar-refractivity contribution in [2.24, 2.45) is 0 Å². The van der Waals surface area contributed by atoms with Crippen molar-refractivity contribution >= 4 is 22.6 Å². The van der Waals surface area contributed by atoms with E-state index in [0.717, 1.165) is 19.4 Å². The summed E-state index contributed by atoms with van der Waals surface area (Å²) in [7, 11) is 0. The molecular weight excluding hydrogens is 301 g/mol. The number of aliphatic hydroxyl groups is 1. The minimum absolute atomic E-state index is 0.287. The summed E-state index contributed by atoms with van der Waals surface area (Å²) in [5.41, 5.74) is 1.31. The van der Waals surface area contributed by atoms with E-state index in [1.165, 1.54) is 9.13 Å². The van der Waals surface area contributed by atoms with Crippen LogP contribution in [0.2, 0.25) is 0 Å². The van der Waals surface area contributed by atoms with Crippen LogP contribution in [0.4, 0.5) is 0 Å². The van der Waals surface area contributed by atoms with Gasteiger partial charge in [-0.1, -0.05) is 12.1 Å². The molecule has 1 atom stereocenters. The molecule has 0 bridgehead atoms. The number of halogens is 1. The third-order valence-corrected chi connectivity index (χ3v) is 3.08. The Morgan fingerprint density at radius 2 is 2.00 bits per heavy atom. The Hall–Kier alpha value is -0.130. The van der Waals surface area contributed by atoms with Crippen LogP contribution in [-0.2, 0) is 6.54 Å². The van der Waals surface area contributed by atoms with Crippen LogP contribution < -0.4 is 5.32 Å². The van der Waals surface area contributed by atoms with Gasteiger partial charge >= 0.3 is 0 Å². The second-order valence-corrected chi connectivity index (χ2v) is 5.02. The van der Waals surface area contributed by atoms with Crippen LogP contribution in [0, 0.1) is 3.57 Å². The van der Waals surface area contributed by atoms with E-state index in [4.69, 9.17) is 5.11 Å². The van der Waals surface area contributed by atoms with Gasteiger partial charge in [0.25, 0.3) is 0 Å². The van der Waals surface area contributed by atoms with Crippen molar-refractivity contribution in [2.45, 2.75) is 32.4 Å². The molecule has 3 heteroatoms. The highest BCUT2D eigenvalue weighted by Gasteiger charge is 2.00. The predicted octanol–water partition coefficient (Wildman–Crippen LogP) is 2.54. The van der Waals surface area contributed by atoms with Gasteiger partial charge in [0.2, 0.25) is 0 Å². The summed E-state index contributed by atoms with van der Waals surface area (Å²) in [6, 6.07) is 9.00. The Labute approximate surface area is 105 Å². The van der Waals surface area contributed by atoms with Crippen LogP contribution in [0.15, 0.2) is 24.3 Å². The van der Waals surface area contributed by atoms with Crippen molar-refractivity contribution in [3.8, 4) is 0 Å². The van der Waals surface area contributed by atoms with Crippen molar-refractivity contribution in [2.75, 3.05) is 6.61 Å². The maximum absolute atomic E-state index is 8.70. The topological polar surface area (TPSA) is 32.3 Å². The fraction of sp³-hybridized carbons (Fsp3) is 0.500. The van der Waals surface area contributed by atoms with Gasteiger partial charge in [-0.3, -0.25) is 0 Å².